The molecular weight excluding hydrogens is 255 g/mol. The van der Waals surface area contributed by atoms with Crippen LogP contribution in [0.4, 0.5) is 4.39 Å². The van der Waals surface area contributed by atoms with Crippen molar-refractivity contribution in [3.8, 4) is 0 Å². The van der Waals surface area contributed by atoms with Crippen LogP contribution in [0.25, 0.3) is 0 Å². The average Bonchev–Trinajstić information content (AvgIpc) is 2.32. The minimum absolute atomic E-state index is 0.194. The second-order valence-electron chi connectivity index (χ2n) is 4.61. The van der Waals surface area contributed by atoms with Gasteiger partial charge < -0.3 is 5.73 Å². The number of nitrogens with two attached hydrogens (primary N) is 1. The summed E-state index contributed by atoms with van der Waals surface area (Å²) in [6.07, 6.45) is 3.45. The summed E-state index contributed by atoms with van der Waals surface area (Å²) in [5.41, 5.74) is 5.88. The topological polar surface area (TPSA) is 72.2 Å². The maximum Gasteiger partial charge on any atom is 0.243 e. The highest BCUT2D eigenvalue weighted by atomic mass is 32.2. The molecule has 6 heteroatoms. The number of rotatable bonds is 3. The molecule has 0 bridgehead atoms. The monoisotopic (exact) mass is 272 g/mol. The van der Waals surface area contributed by atoms with E-state index >= 15 is 0 Å². The Balaban J connectivity index is 2.19. The number of hydrogen-bond donors (Lipinski definition) is 2. The molecule has 1 saturated carbocycles. The third-order valence-corrected chi connectivity index (χ3v) is 4.78. The van der Waals surface area contributed by atoms with Gasteiger partial charge in [0.15, 0.2) is 0 Å². The SMILES string of the molecule is N[C@@H]1CCCC[C@H]1NS(=O)(=O)c1ccccc1F. The minimum atomic E-state index is -3.83. The molecule has 1 fully saturated rings. The maximum atomic E-state index is 13.5. The van der Waals surface area contributed by atoms with Gasteiger partial charge in [0.25, 0.3) is 0 Å². The summed E-state index contributed by atoms with van der Waals surface area (Å²) >= 11 is 0. The lowest BCUT2D eigenvalue weighted by Gasteiger charge is -2.29. The number of halogens is 1. The molecule has 0 aliphatic heterocycles. The van der Waals surface area contributed by atoms with Crippen molar-refractivity contribution < 1.29 is 12.8 Å². The summed E-state index contributed by atoms with van der Waals surface area (Å²) in [6, 6.07) is 4.85. The second-order valence-corrected chi connectivity index (χ2v) is 6.29. The smallest absolute Gasteiger partial charge is 0.243 e. The third kappa shape index (κ3) is 2.88. The Kier molecular flexibility index (Phi) is 3.99. The predicted octanol–water partition coefficient (Wildman–Crippen LogP) is 1.37. The highest BCUT2D eigenvalue weighted by Gasteiger charge is 2.28. The predicted molar refractivity (Wildman–Crippen MR) is 67.0 cm³/mol. The highest BCUT2D eigenvalue weighted by molar-refractivity contribution is 7.89. The summed E-state index contributed by atoms with van der Waals surface area (Å²) in [6.45, 7) is 0. The van der Waals surface area contributed by atoms with Gasteiger partial charge in [0.1, 0.15) is 10.7 Å². The lowest BCUT2D eigenvalue weighted by atomic mass is 9.92. The van der Waals surface area contributed by atoms with Crippen LogP contribution in [-0.4, -0.2) is 20.5 Å². The van der Waals surface area contributed by atoms with Crippen LogP contribution >= 0.6 is 0 Å². The number of hydrogen-bond acceptors (Lipinski definition) is 3. The second kappa shape index (κ2) is 5.34. The van der Waals surface area contributed by atoms with Gasteiger partial charge in [-0.25, -0.2) is 17.5 Å². The molecule has 0 heterocycles. The average molecular weight is 272 g/mol. The van der Waals surface area contributed by atoms with Gasteiger partial charge in [-0.3, -0.25) is 0 Å². The fourth-order valence-electron chi connectivity index (χ4n) is 2.23. The van der Waals surface area contributed by atoms with E-state index in [1.165, 1.54) is 18.2 Å². The molecule has 3 N–H and O–H groups in total. The molecule has 100 valence electrons. The molecule has 1 aromatic rings. The zero-order valence-electron chi connectivity index (χ0n) is 9.97. The molecule has 2 rings (SSSR count). The zero-order chi connectivity index (χ0) is 13.2. The Bertz CT molecular complexity index is 519. The highest BCUT2D eigenvalue weighted by Crippen LogP contribution is 2.20. The van der Waals surface area contributed by atoms with Gasteiger partial charge in [0, 0.05) is 12.1 Å². The first-order chi connectivity index (χ1) is 8.50. The van der Waals surface area contributed by atoms with Crippen LogP contribution in [0.1, 0.15) is 25.7 Å². The molecule has 2 atom stereocenters. The van der Waals surface area contributed by atoms with Crippen molar-refractivity contribution in [1.29, 1.82) is 0 Å². The van der Waals surface area contributed by atoms with E-state index in [9.17, 15) is 12.8 Å². The van der Waals surface area contributed by atoms with Gasteiger partial charge in [-0.05, 0) is 25.0 Å². The van der Waals surface area contributed by atoms with E-state index in [0.717, 1.165) is 25.3 Å². The Morgan fingerprint density at radius 2 is 1.89 bits per heavy atom. The molecule has 18 heavy (non-hydrogen) atoms. The zero-order valence-corrected chi connectivity index (χ0v) is 10.8. The van der Waals surface area contributed by atoms with Crippen LogP contribution in [0.3, 0.4) is 0 Å². The Hall–Kier alpha value is -0.980. The van der Waals surface area contributed by atoms with E-state index in [4.69, 9.17) is 5.73 Å². The molecule has 0 saturated heterocycles. The van der Waals surface area contributed by atoms with Crippen molar-refractivity contribution in [1.82, 2.24) is 4.72 Å². The molecular formula is C12H17FN2O2S. The Morgan fingerprint density at radius 3 is 2.56 bits per heavy atom. The first-order valence-electron chi connectivity index (χ1n) is 6.03. The van der Waals surface area contributed by atoms with Crippen molar-refractivity contribution in [2.75, 3.05) is 0 Å². The van der Waals surface area contributed by atoms with Gasteiger partial charge >= 0.3 is 0 Å². The summed E-state index contributed by atoms with van der Waals surface area (Å²) in [4.78, 5) is -0.317. The molecule has 1 aliphatic rings. The summed E-state index contributed by atoms with van der Waals surface area (Å²) in [5, 5.41) is 0. The number of benzene rings is 1. The van der Waals surface area contributed by atoms with E-state index in [2.05, 4.69) is 4.72 Å². The molecule has 0 radical (unpaired) electrons. The fourth-order valence-corrected chi connectivity index (χ4v) is 3.63. The van der Waals surface area contributed by atoms with Crippen LogP contribution in [0, 0.1) is 5.82 Å². The van der Waals surface area contributed by atoms with Gasteiger partial charge in [-0.15, -0.1) is 0 Å². The van der Waals surface area contributed by atoms with Crippen molar-refractivity contribution in [2.24, 2.45) is 5.73 Å². The van der Waals surface area contributed by atoms with E-state index in [0.29, 0.717) is 6.42 Å². The lowest BCUT2D eigenvalue weighted by Crippen LogP contribution is -2.49. The quantitative estimate of drug-likeness (QED) is 0.873. The Labute approximate surface area is 106 Å². The van der Waals surface area contributed by atoms with Crippen LogP contribution in [0.15, 0.2) is 29.2 Å². The van der Waals surface area contributed by atoms with Crippen LogP contribution in [0.2, 0.25) is 0 Å². The lowest BCUT2D eigenvalue weighted by molar-refractivity contribution is 0.360. The third-order valence-electron chi connectivity index (χ3n) is 3.25. The van der Waals surface area contributed by atoms with Crippen molar-refractivity contribution in [3.63, 3.8) is 0 Å². The van der Waals surface area contributed by atoms with Crippen LogP contribution in [0.5, 0.6) is 0 Å². The molecule has 0 unspecified atom stereocenters. The summed E-state index contributed by atoms with van der Waals surface area (Å²) in [7, 11) is -3.83. The van der Waals surface area contributed by atoms with E-state index in [1.54, 1.807) is 0 Å². The normalized spacial score (nSPS) is 25.0. The minimum Gasteiger partial charge on any atom is -0.326 e. The summed E-state index contributed by atoms with van der Waals surface area (Å²) < 4.78 is 40.1. The van der Waals surface area contributed by atoms with Gasteiger partial charge in [-0.1, -0.05) is 25.0 Å². The molecule has 1 aliphatic carbocycles. The fraction of sp³-hybridized carbons (Fsp3) is 0.500. The van der Waals surface area contributed by atoms with Crippen LogP contribution in [-0.2, 0) is 10.0 Å². The first kappa shape index (κ1) is 13.5. The summed E-state index contributed by atoms with van der Waals surface area (Å²) in [5.74, 6) is -0.741. The molecule has 1 aromatic carbocycles. The van der Waals surface area contributed by atoms with Crippen molar-refractivity contribution >= 4 is 10.0 Å². The molecule has 0 aromatic heterocycles. The van der Waals surface area contributed by atoms with Gasteiger partial charge in [0.05, 0.1) is 0 Å². The molecule has 0 spiro atoms. The number of nitrogens with one attached hydrogen (secondary N) is 1. The van der Waals surface area contributed by atoms with Crippen molar-refractivity contribution in [2.45, 2.75) is 42.7 Å². The van der Waals surface area contributed by atoms with Gasteiger partial charge in [0.2, 0.25) is 10.0 Å². The molecule has 0 amide bonds. The van der Waals surface area contributed by atoms with E-state index in [1.807, 2.05) is 0 Å². The first-order valence-corrected chi connectivity index (χ1v) is 7.51. The maximum absolute atomic E-state index is 13.5. The standard InChI is InChI=1S/C12H17FN2O2S/c13-9-5-1-4-8-12(9)18(16,17)15-11-7-3-2-6-10(11)14/h1,4-5,8,10-11,15H,2-3,6-7,14H2/t10-,11-/m1/s1. The van der Waals surface area contributed by atoms with E-state index in [-0.39, 0.29) is 17.0 Å². The number of sulfonamides is 1. The largest absolute Gasteiger partial charge is 0.326 e. The van der Waals surface area contributed by atoms with Crippen molar-refractivity contribution in [3.05, 3.63) is 30.1 Å². The molecule has 4 nitrogen and oxygen atoms in total. The van der Waals surface area contributed by atoms with E-state index < -0.39 is 15.8 Å². The van der Waals surface area contributed by atoms with Gasteiger partial charge in [-0.2, -0.15) is 0 Å². The van der Waals surface area contributed by atoms with Crippen LogP contribution < -0.4 is 10.5 Å². The Morgan fingerprint density at radius 1 is 1.22 bits per heavy atom.